The molecule has 1 fully saturated rings. The average Bonchev–Trinajstić information content (AvgIpc) is 3.55. The van der Waals surface area contributed by atoms with Crippen molar-refractivity contribution in [2.45, 2.75) is 51.5 Å². The molecule has 5 rings (SSSR count). The molecule has 1 aliphatic rings. The Morgan fingerprint density at radius 2 is 1.87 bits per heavy atom. The van der Waals surface area contributed by atoms with Gasteiger partial charge < -0.3 is 4.90 Å². The molecule has 8 nitrogen and oxygen atoms in total. The Kier molecular flexibility index (Phi) is 7.67. The zero-order valence-corrected chi connectivity index (χ0v) is 22.0. The number of nitrogens with zero attached hydrogens (tertiary/aromatic N) is 5. The lowest BCUT2D eigenvalue weighted by Crippen LogP contribution is -2.41. The highest BCUT2D eigenvalue weighted by Crippen LogP contribution is 2.23. The third-order valence-corrected chi connectivity index (χ3v) is 7.13. The van der Waals surface area contributed by atoms with Gasteiger partial charge in [0.05, 0.1) is 11.9 Å². The first-order valence-electron chi connectivity index (χ1n) is 13.3. The number of amides is 2. The van der Waals surface area contributed by atoms with Gasteiger partial charge in [-0.2, -0.15) is 5.10 Å². The van der Waals surface area contributed by atoms with Gasteiger partial charge in [-0.3, -0.25) is 24.2 Å². The second-order valence-electron chi connectivity index (χ2n) is 9.98. The van der Waals surface area contributed by atoms with Crippen LogP contribution in [-0.2, 0) is 18.3 Å². The molecule has 1 saturated heterocycles. The number of aryl methyl sites for hydroxylation is 2. The summed E-state index contributed by atoms with van der Waals surface area (Å²) in [6.07, 6.45) is 10.9. The fourth-order valence-electron chi connectivity index (χ4n) is 5.04. The van der Waals surface area contributed by atoms with Crippen LogP contribution in [0.25, 0.3) is 16.8 Å². The van der Waals surface area contributed by atoms with E-state index in [4.69, 9.17) is 4.98 Å². The molecule has 2 aromatic carbocycles. The maximum atomic E-state index is 13.3. The van der Waals surface area contributed by atoms with E-state index in [9.17, 15) is 9.59 Å². The van der Waals surface area contributed by atoms with Crippen LogP contribution in [0.4, 0.5) is 5.95 Å². The monoisotopic (exact) mass is 510 g/mol. The van der Waals surface area contributed by atoms with E-state index in [1.54, 1.807) is 16.9 Å². The number of nitrogens with one attached hydrogen (secondary N) is 1. The largest absolute Gasteiger partial charge is 0.340 e. The van der Waals surface area contributed by atoms with Crippen molar-refractivity contribution < 1.29 is 9.59 Å². The Morgan fingerprint density at radius 3 is 2.63 bits per heavy atom. The minimum atomic E-state index is -0.237. The number of hydrogen-bond donors (Lipinski definition) is 1. The Hall–Kier alpha value is -4.20. The standard InChI is InChI=1S/C30H34N6O2/c1-22-10-6-7-17-35(22)28(37)16-9-13-26-21-36(27-14-4-3-5-15-27)30(32-26)33-29(38)24-12-8-11-23(18-24)25-19-31-34(2)20-25/h3-5,8,11-12,14-15,18-22H,6-7,9-10,13,16-17H2,1-2H3,(H,32,33,38). The molecule has 1 unspecified atom stereocenters. The summed E-state index contributed by atoms with van der Waals surface area (Å²) in [5, 5.41) is 7.23. The van der Waals surface area contributed by atoms with E-state index in [1.807, 2.05) is 77.4 Å². The number of aromatic nitrogens is 4. The van der Waals surface area contributed by atoms with E-state index in [-0.39, 0.29) is 11.8 Å². The third-order valence-electron chi connectivity index (χ3n) is 7.13. The smallest absolute Gasteiger partial charge is 0.258 e. The SMILES string of the molecule is CC1CCCCN1C(=O)CCCc1cn(-c2ccccc2)c(NC(=O)c2cccc(-c3cnn(C)c3)c2)n1. The number of para-hydroxylation sites is 1. The molecule has 8 heteroatoms. The molecule has 1 atom stereocenters. The van der Waals surface area contributed by atoms with E-state index >= 15 is 0 Å². The van der Waals surface area contributed by atoms with Gasteiger partial charge in [0.1, 0.15) is 0 Å². The van der Waals surface area contributed by atoms with E-state index in [1.165, 1.54) is 6.42 Å². The molecular formula is C30H34N6O2. The van der Waals surface area contributed by atoms with Gasteiger partial charge in [-0.05, 0) is 68.9 Å². The molecule has 1 aliphatic heterocycles. The Morgan fingerprint density at radius 1 is 1.03 bits per heavy atom. The summed E-state index contributed by atoms with van der Waals surface area (Å²) < 4.78 is 3.63. The zero-order valence-electron chi connectivity index (χ0n) is 22.0. The maximum absolute atomic E-state index is 13.3. The van der Waals surface area contributed by atoms with Gasteiger partial charge in [0.15, 0.2) is 0 Å². The summed E-state index contributed by atoms with van der Waals surface area (Å²) in [4.78, 5) is 32.8. The molecule has 0 bridgehead atoms. The normalized spacial score (nSPS) is 15.4. The van der Waals surface area contributed by atoms with Crippen LogP contribution in [0.2, 0.25) is 0 Å². The maximum Gasteiger partial charge on any atom is 0.258 e. The Labute approximate surface area is 223 Å². The number of likely N-dealkylation sites (tertiary alicyclic amines) is 1. The van der Waals surface area contributed by atoms with E-state index in [2.05, 4.69) is 17.3 Å². The number of carbonyl (C=O) groups is 2. The van der Waals surface area contributed by atoms with Crippen LogP contribution in [0.1, 0.15) is 55.1 Å². The summed E-state index contributed by atoms with van der Waals surface area (Å²) in [6, 6.07) is 17.6. The number of rotatable bonds is 8. The number of benzene rings is 2. The minimum absolute atomic E-state index is 0.224. The molecule has 0 radical (unpaired) electrons. The quantitative estimate of drug-likeness (QED) is 0.351. The van der Waals surface area contributed by atoms with Gasteiger partial charge in [0, 0.05) is 55.3 Å². The van der Waals surface area contributed by atoms with Crippen molar-refractivity contribution in [1.82, 2.24) is 24.2 Å². The highest BCUT2D eigenvalue weighted by Gasteiger charge is 2.23. The molecule has 38 heavy (non-hydrogen) atoms. The molecule has 3 heterocycles. The fourth-order valence-corrected chi connectivity index (χ4v) is 5.04. The second kappa shape index (κ2) is 11.5. The molecule has 2 amide bonds. The fraction of sp³-hybridized carbons (Fsp3) is 0.333. The zero-order chi connectivity index (χ0) is 26.5. The predicted octanol–water partition coefficient (Wildman–Crippen LogP) is 5.25. The molecular weight excluding hydrogens is 476 g/mol. The highest BCUT2D eigenvalue weighted by molar-refractivity contribution is 6.04. The predicted molar refractivity (Wildman–Crippen MR) is 148 cm³/mol. The lowest BCUT2D eigenvalue weighted by molar-refractivity contribution is -0.134. The van der Waals surface area contributed by atoms with Gasteiger partial charge >= 0.3 is 0 Å². The molecule has 0 aliphatic carbocycles. The van der Waals surface area contributed by atoms with Crippen molar-refractivity contribution in [2.24, 2.45) is 7.05 Å². The van der Waals surface area contributed by atoms with Crippen LogP contribution >= 0.6 is 0 Å². The van der Waals surface area contributed by atoms with Crippen LogP contribution < -0.4 is 5.32 Å². The van der Waals surface area contributed by atoms with Crippen molar-refractivity contribution in [1.29, 1.82) is 0 Å². The molecule has 4 aromatic rings. The number of imidazole rings is 1. The van der Waals surface area contributed by atoms with Gasteiger partial charge in [-0.1, -0.05) is 30.3 Å². The first kappa shape index (κ1) is 25.4. The van der Waals surface area contributed by atoms with Crippen LogP contribution in [0.5, 0.6) is 0 Å². The summed E-state index contributed by atoms with van der Waals surface area (Å²) in [5.74, 6) is 0.444. The topological polar surface area (TPSA) is 85.0 Å². The van der Waals surface area contributed by atoms with E-state index in [0.717, 1.165) is 41.9 Å². The van der Waals surface area contributed by atoms with Crippen molar-refractivity contribution in [3.63, 3.8) is 0 Å². The number of piperidine rings is 1. The van der Waals surface area contributed by atoms with Gasteiger partial charge in [-0.25, -0.2) is 4.98 Å². The average molecular weight is 511 g/mol. The van der Waals surface area contributed by atoms with Crippen molar-refractivity contribution in [2.75, 3.05) is 11.9 Å². The van der Waals surface area contributed by atoms with Crippen LogP contribution in [0.15, 0.2) is 73.2 Å². The Bertz CT molecular complexity index is 1410. The highest BCUT2D eigenvalue weighted by atomic mass is 16.2. The summed E-state index contributed by atoms with van der Waals surface area (Å²) in [7, 11) is 1.87. The van der Waals surface area contributed by atoms with Crippen molar-refractivity contribution >= 4 is 17.8 Å². The van der Waals surface area contributed by atoms with Gasteiger partial charge in [0.2, 0.25) is 11.9 Å². The Balaban J connectivity index is 1.31. The first-order chi connectivity index (χ1) is 18.5. The molecule has 2 aromatic heterocycles. The van der Waals surface area contributed by atoms with E-state index in [0.29, 0.717) is 36.8 Å². The number of carbonyl (C=O) groups excluding carboxylic acids is 2. The first-order valence-corrected chi connectivity index (χ1v) is 13.3. The van der Waals surface area contributed by atoms with Crippen LogP contribution in [0.3, 0.4) is 0 Å². The third kappa shape index (κ3) is 5.85. The summed E-state index contributed by atoms with van der Waals surface area (Å²) in [6.45, 7) is 3.00. The van der Waals surface area contributed by atoms with Crippen molar-refractivity contribution in [3.8, 4) is 16.8 Å². The molecule has 196 valence electrons. The van der Waals surface area contributed by atoms with Gasteiger partial charge in [0.25, 0.3) is 5.91 Å². The van der Waals surface area contributed by atoms with Crippen molar-refractivity contribution in [3.05, 3.63) is 84.4 Å². The lowest BCUT2D eigenvalue weighted by Gasteiger charge is -2.33. The number of anilines is 1. The molecule has 0 saturated carbocycles. The summed E-state index contributed by atoms with van der Waals surface area (Å²) >= 11 is 0. The van der Waals surface area contributed by atoms with Gasteiger partial charge in [-0.15, -0.1) is 0 Å². The minimum Gasteiger partial charge on any atom is -0.340 e. The second-order valence-corrected chi connectivity index (χ2v) is 9.98. The molecule has 1 N–H and O–H groups in total. The van der Waals surface area contributed by atoms with Crippen LogP contribution in [-0.4, -0.2) is 48.6 Å². The summed E-state index contributed by atoms with van der Waals surface area (Å²) in [5.41, 5.74) is 4.16. The van der Waals surface area contributed by atoms with E-state index < -0.39 is 0 Å². The number of hydrogen-bond acceptors (Lipinski definition) is 4. The lowest BCUT2D eigenvalue weighted by atomic mass is 10.0. The van der Waals surface area contributed by atoms with Crippen LogP contribution in [0, 0.1) is 0 Å². The molecule has 0 spiro atoms.